The van der Waals surface area contributed by atoms with E-state index >= 15 is 0 Å². The van der Waals surface area contributed by atoms with Crippen molar-refractivity contribution in [1.29, 1.82) is 0 Å². The van der Waals surface area contributed by atoms with Gasteiger partial charge in [0.15, 0.2) is 0 Å². The zero-order valence-corrected chi connectivity index (χ0v) is 14.6. The molecule has 0 saturated carbocycles. The molecule has 2 N–H and O–H groups in total. The second-order valence-corrected chi connectivity index (χ2v) is 7.74. The number of carbonyl (C=O) groups is 2. The third-order valence-electron chi connectivity index (χ3n) is 4.16. The van der Waals surface area contributed by atoms with E-state index in [0.717, 1.165) is 25.3 Å². The third-order valence-corrected chi connectivity index (χ3v) is 5.71. The number of carboxylic acids is 1. The molecule has 1 aliphatic heterocycles. The summed E-state index contributed by atoms with van der Waals surface area (Å²) in [6.45, 7) is 4.18. The molecule has 0 bridgehead atoms. The number of aromatic carboxylic acids is 1. The van der Waals surface area contributed by atoms with E-state index in [9.17, 15) is 18.0 Å². The van der Waals surface area contributed by atoms with Gasteiger partial charge in [0.2, 0.25) is 15.9 Å². The van der Waals surface area contributed by atoms with Gasteiger partial charge in [-0.3, -0.25) is 4.79 Å². The summed E-state index contributed by atoms with van der Waals surface area (Å²) in [5.41, 5.74) is 0.863. The van der Waals surface area contributed by atoms with Crippen molar-refractivity contribution in [3.05, 3.63) is 28.8 Å². The normalized spacial score (nSPS) is 15.3. The highest BCUT2D eigenvalue weighted by atomic mass is 32.2. The van der Waals surface area contributed by atoms with Gasteiger partial charge in [-0.1, -0.05) is 6.07 Å². The van der Waals surface area contributed by atoms with Crippen LogP contribution in [0.3, 0.4) is 0 Å². The molecule has 7 nitrogen and oxygen atoms in total. The molecule has 2 rings (SSSR count). The zero-order chi connectivity index (χ0) is 17.9. The Labute approximate surface area is 141 Å². The summed E-state index contributed by atoms with van der Waals surface area (Å²) in [7, 11) is -3.96. The Kier molecular flexibility index (Phi) is 5.61. The maximum atomic E-state index is 12.5. The van der Waals surface area contributed by atoms with Crippen LogP contribution >= 0.6 is 0 Å². The number of sulfonamides is 1. The van der Waals surface area contributed by atoms with Gasteiger partial charge in [0.25, 0.3) is 0 Å². The zero-order valence-electron chi connectivity index (χ0n) is 13.8. The Balaban J connectivity index is 2.16. The standard InChI is InChI=1S/C16H22N2O5S/c1-11-8-12(2)14(9-13(11)16(20)21)24(22,23)17-10-15(19)18-6-4-3-5-7-18/h8-9,17H,3-7,10H2,1-2H3,(H,20,21). The van der Waals surface area contributed by atoms with Gasteiger partial charge in [-0.05, 0) is 50.3 Å². The number of carboxylic acid groups (broad SMARTS) is 1. The highest BCUT2D eigenvalue weighted by molar-refractivity contribution is 7.89. The summed E-state index contributed by atoms with van der Waals surface area (Å²) >= 11 is 0. The van der Waals surface area contributed by atoms with Gasteiger partial charge in [-0.25, -0.2) is 17.9 Å². The van der Waals surface area contributed by atoms with Crippen molar-refractivity contribution in [1.82, 2.24) is 9.62 Å². The highest BCUT2D eigenvalue weighted by Crippen LogP contribution is 2.20. The quantitative estimate of drug-likeness (QED) is 0.829. The summed E-state index contributed by atoms with van der Waals surface area (Å²) in [6, 6.07) is 2.66. The summed E-state index contributed by atoms with van der Waals surface area (Å²) < 4.78 is 27.2. The minimum absolute atomic E-state index is 0.0664. The van der Waals surface area contributed by atoms with Crippen molar-refractivity contribution in [3.8, 4) is 0 Å². The second kappa shape index (κ2) is 7.31. The average Bonchev–Trinajstić information content (AvgIpc) is 2.53. The van der Waals surface area contributed by atoms with E-state index in [1.165, 1.54) is 6.07 Å². The summed E-state index contributed by atoms with van der Waals surface area (Å²) in [4.78, 5) is 24.8. The minimum atomic E-state index is -3.96. The topological polar surface area (TPSA) is 104 Å². The van der Waals surface area contributed by atoms with Gasteiger partial charge in [-0.15, -0.1) is 0 Å². The van der Waals surface area contributed by atoms with Gasteiger partial charge >= 0.3 is 5.97 Å². The van der Waals surface area contributed by atoms with Gasteiger partial charge in [0.1, 0.15) is 0 Å². The fraction of sp³-hybridized carbons (Fsp3) is 0.500. The van der Waals surface area contributed by atoms with E-state index < -0.39 is 16.0 Å². The summed E-state index contributed by atoms with van der Waals surface area (Å²) in [5.74, 6) is -1.45. The number of aryl methyl sites for hydroxylation is 2. The van der Waals surface area contributed by atoms with Gasteiger partial charge in [-0.2, -0.15) is 0 Å². The molecular weight excluding hydrogens is 332 g/mol. The monoisotopic (exact) mass is 354 g/mol. The van der Waals surface area contributed by atoms with Crippen LogP contribution in [0.1, 0.15) is 40.7 Å². The summed E-state index contributed by atoms with van der Waals surface area (Å²) in [5, 5.41) is 9.16. The Bertz CT molecular complexity index is 752. The minimum Gasteiger partial charge on any atom is -0.478 e. The van der Waals surface area contributed by atoms with Crippen LogP contribution in [0.25, 0.3) is 0 Å². The molecule has 0 aliphatic carbocycles. The van der Waals surface area contributed by atoms with Crippen molar-refractivity contribution in [2.75, 3.05) is 19.6 Å². The van der Waals surface area contributed by atoms with E-state index in [0.29, 0.717) is 24.2 Å². The van der Waals surface area contributed by atoms with Crippen molar-refractivity contribution in [2.45, 2.75) is 38.0 Å². The molecule has 1 saturated heterocycles. The SMILES string of the molecule is Cc1cc(C)c(S(=O)(=O)NCC(=O)N2CCCCC2)cc1C(=O)O. The Morgan fingerprint density at radius 2 is 1.75 bits per heavy atom. The molecule has 1 aromatic carbocycles. The number of nitrogens with one attached hydrogen (secondary N) is 1. The Morgan fingerprint density at radius 1 is 1.12 bits per heavy atom. The first-order valence-electron chi connectivity index (χ1n) is 7.84. The molecule has 0 atom stereocenters. The number of hydrogen-bond acceptors (Lipinski definition) is 4. The number of benzene rings is 1. The van der Waals surface area contributed by atoms with Crippen LogP contribution in [-0.4, -0.2) is 49.9 Å². The molecule has 132 valence electrons. The lowest BCUT2D eigenvalue weighted by atomic mass is 10.1. The maximum absolute atomic E-state index is 12.5. The van der Waals surface area contributed by atoms with E-state index in [2.05, 4.69) is 4.72 Å². The van der Waals surface area contributed by atoms with Crippen LogP contribution in [-0.2, 0) is 14.8 Å². The molecule has 1 fully saturated rings. The first-order valence-corrected chi connectivity index (χ1v) is 9.32. The molecule has 24 heavy (non-hydrogen) atoms. The first kappa shape index (κ1) is 18.4. The van der Waals surface area contributed by atoms with Gasteiger partial charge in [0, 0.05) is 13.1 Å². The lowest BCUT2D eigenvalue weighted by Gasteiger charge is -2.26. The molecule has 1 aromatic rings. The predicted octanol–water partition coefficient (Wildman–Crippen LogP) is 1.29. The van der Waals surface area contributed by atoms with E-state index in [1.54, 1.807) is 18.7 Å². The molecule has 0 aromatic heterocycles. The van der Waals surface area contributed by atoms with Crippen LogP contribution in [0.5, 0.6) is 0 Å². The highest BCUT2D eigenvalue weighted by Gasteiger charge is 2.23. The average molecular weight is 354 g/mol. The number of likely N-dealkylation sites (tertiary alicyclic amines) is 1. The lowest BCUT2D eigenvalue weighted by Crippen LogP contribution is -2.42. The van der Waals surface area contributed by atoms with E-state index in [1.807, 2.05) is 0 Å². The second-order valence-electron chi connectivity index (χ2n) is 6.00. The number of piperidine rings is 1. The number of hydrogen-bond donors (Lipinski definition) is 2. The van der Waals surface area contributed by atoms with Crippen molar-refractivity contribution in [2.24, 2.45) is 0 Å². The summed E-state index contributed by atoms with van der Waals surface area (Å²) in [6.07, 6.45) is 2.94. The number of rotatable bonds is 5. The maximum Gasteiger partial charge on any atom is 0.335 e. The smallest absolute Gasteiger partial charge is 0.335 e. The van der Waals surface area contributed by atoms with Crippen molar-refractivity contribution < 1.29 is 23.1 Å². The number of nitrogens with zero attached hydrogens (tertiary/aromatic N) is 1. The molecule has 1 heterocycles. The molecule has 0 spiro atoms. The molecule has 1 aliphatic rings. The van der Waals surface area contributed by atoms with Crippen LogP contribution in [0, 0.1) is 13.8 Å². The van der Waals surface area contributed by atoms with Crippen LogP contribution in [0.4, 0.5) is 0 Å². The van der Waals surface area contributed by atoms with Crippen molar-refractivity contribution >= 4 is 21.9 Å². The third kappa shape index (κ3) is 4.12. The number of carbonyl (C=O) groups excluding carboxylic acids is 1. The fourth-order valence-electron chi connectivity index (χ4n) is 2.84. The van der Waals surface area contributed by atoms with Gasteiger partial charge in [0.05, 0.1) is 17.0 Å². The molecule has 0 unspecified atom stereocenters. The Hall–Kier alpha value is -1.93. The molecule has 8 heteroatoms. The molecule has 1 amide bonds. The molecule has 0 radical (unpaired) electrons. The lowest BCUT2D eigenvalue weighted by molar-refractivity contribution is -0.130. The van der Waals surface area contributed by atoms with E-state index in [4.69, 9.17) is 5.11 Å². The van der Waals surface area contributed by atoms with Crippen molar-refractivity contribution in [3.63, 3.8) is 0 Å². The van der Waals surface area contributed by atoms with Crippen LogP contribution in [0.2, 0.25) is 0 Å². The fourth-order valence-corrected chi connectivity index (χ4v) is 4.07. The number of amides is 1. The van der Waals surface area contributed by atoms with Crippen LogP contribution < -0.4 is 4.72 Å². The predicted molar refractivity (Wildman–Crippen MR) is 88.5 cm³/mol. The molecular formula is C16H22N2O5S. The van der Waals surface area contributed by atoms with Crippen LogP contribution in [0.15, 0.2) is 17.0 Å². The van der Waals surface area contributed by atoms with Gasteiger partial charge < -0.3 is 10.0 Å². The largest absolute Gasteiger partial charge is 0.478 e. The first-order chi connectivity index (χ1) is 11.2. The van der Waals surface area contributed by atoms with E-state index in [-0.39, 0.29) is 22.9 Å². The Morgan fingerprint density at radius 3 is 2.33 bits per heavy atom.